The van der Waals surface area contributed by atoms with Crippen LogP contribution in [0.1, 0.15) is 29.3 Å². The van der Waals surface area contributed by atoms with Crippen molar-refractivity contribution in [1.82, 2.24) is 14.9 Å². The van der Waals surface area contributed by atoms with Gasteiger partial charge >= 0.3 is 0 Å². The van der Waals surface area contributed by atoms with E-state index in [9.17, 15) is 9.59 Å². The molecule has 2 heterocycles. The molecule has 0 saturated carbocycles. The molecule has 2 aromatic heterocycles. The van der Waals surface area contributed by atoms with Crippen molar-refractivity contribution in [3.8, 4) is 0 Å². The Morgan fingerprint density at radius 1 is 1.14 bits per heavy atom. The van der Waals surface area contributed by atoms with E-state index in [0.717, 1.165) is 10.1 Å². The van der Waals surface area contributed by atoms with Gasteiger partial charge in [0.15, 0.2) is 0 Å². The molecule has 1 amide bonds. The van der Waals surface area contributed by atoms with Gasteiger partial charge in [-0.25, -0.2) is 4.98 Å². The Hall–Kier alpha value is -2.70. The SMILES string of the molecule is CC(C)N(Cc1nc2ccccc2c(=O)[nH]1)C(=O)c1sc2ccccc2c1Cl. The average molecular weight is 412 g/mol. The summed E-state index contributed by atoms with van der Waals surface area (Å²) in [6.45, 7) is 4.05. The van der Waals surface area contributed by atoms with Gasteiger partial charge in [0.25, 0.3) is 11.5 Å². The molecule has 0 aliphatic rings. The Labute approximate surface area is 170 Å². The molecule has 0 bridgehead atoms. The standard InChI is InChI=1S/C21H18ClN3O2S/c1-12(2)25(11-17-23-15-9-5-3-7-13(15)20(26)24-17)21(27)19-18(22)14-8-4-6-10-16(14)28-19/h3-10,12H,11H2,1-2H3,(H,23,24,26). The topological polar surface area (TPSA) is 66.1 Å². The summed E-state index contributed by atoms with van der Waals surface area (Å²) in [6, 6.07) is 14.7. The van der Waals surface area contributed by atoms with Gasteiger partial charge in [-0.2, -0.15) is 0 Å². The monoisotopic (exact) mass is 411 g/mol. The van der Waals surface area contributed by atoms with Crippen LogP contribution in [0.4, 0.5) is 0 Å². The van der Waals surface area contributed by atoms with Crippen LogP contribution in [0.15, 0.2) is 53.3 Å². The molecule has 2 aromatic carbocycles. The van der Waals surface area contributed by atoms with Crippen LogP contribution in [0, 0.1) is 0 Å². The first-order valence-corrected chi connectivity index (χ1v) is 10.1. The number of nitrogens with one attached hydrogen (secondary N) is 1. The Kier molecular flexibility index (Phi) is 4.91. The van der Waals surface area contributed by atoms with Crippen LogP contribution < -0.4 is 5.56 Å². The zero-order chi connectivity index (χ0) is 19.8. The third-order valence-electron chi connectivity index (χ3n) is 4.60. The lowest BCUT2D eigenvalue weighted by Gasteiger charge is -2.26. The van der Waals surface area contributed by atoms with E-state index in [1.165, 1.54) is 11.3 Å². The molecule has 7 heteroatoms. The fraction of sp³-hybridized carbons (Fsp3) is 0.190. The van der Waals surface area contributed by atoms with Crippen molar-refractivity contribution < 1.29 is 4.79 Å². The molecular formula is C21H18ClN3O2S. The van der Waals surface area contributed by atoms with Crippen molar-refractivity contribution in [2.45, 2.75) is 26.4 Å². The van der Waals surface area contributed by atoms with Gasteiger partial charge in [-0.3, -0.25) is 9.59 Å². The fourth-order valence-corrected chi connectivity index (χ4v) is 4.61. The van der Waals surface area contributed by atoms with Crippen LogP contribution >= 0.6 is 22.9 Å². The number of carbonyl (C=O) groups excluding carboxylic acids is 1. The molecule has 0 fully saturated rings. The van der Waals surface area contributed by atoms with Crippen LogP contribution in [-0.2, 0) is 6.54 Å². The minimum Gasteiger partial charge on any atom is -0.328 e. The summed E-state index contributed by atoms with van der Waals surface area (Å²) in [6.07, 6.45) is 0. The van der Waals surface area contributed by atoms with Crippen LogP contribution in [0.2, 0.25) is 5.02 Å². The number of hydrogen-bond acceptors (Lipinski definition) is 4. The molecule has 4 rings (SSSR count). The van der Waals surface area contributed by atoms with Crippen molar-refractivity contribution in [3.63, 3.8) is 0 Å². The van der Waals surface area contributed by atoms with Gasteiger partial charge in [-0.05, 0) is 32.0 Å². The number of carbonyl (C=O) groups is 1. The lowest BCUT2D eigenvalue weighted by Crippen LogP contribution is -2.37. The molecule has 28 heavy (non-hydrogen) atoms. The van der Waals surface area contributed by atoms with Gasteiger partial charge in [-0.15, -0.1) is 11.3 Å². The van der Waals surface area contributed by atoms with Gasteiger partial charge in [-0.1, -0.05) is 41.9 Å². The van der Waals surface area contributed by atoms with Crippen LogP contribution in [0.5, 0.6) is 0 Å². The third kappa shape index (κ3) is 3.30. The lowest BCUT2D eigenvalue weighted by atomic mass is 10.2. The molecule has 1 N–H and O–H groups in total. The molecule has 0 atom stereocenters. The first kappa shape index (κ1) is 18.7. The number of rotatable bonds is 4. The zero-order valence-electron chi connectivity index (χ0n) is 15.4. The molecule has 0 spiro atoms. The smallest absolute Gasteiger partial charge is 0.266 e. The number of aromatic nitrogens is 2. The van der Waals surface area contributed by atoms with E-state index in [0.29, 0.717) is 26.6 Å². The largest absolute Gasteiger partial charge is 0.328 e. The summed E-state index contributed by atoms with van der Waals surface area (Å²) in [4.78, 5) is 35.1. The van der Waals surface area contributed by atoms with Gasteiger partial charge in [0.1, 0.15) is 10.7 Å². The minimum absolute atomic E-state index is 0.0921. The second kappa shape index (κ2) is 7.37. The average Bonchev–Trinajstić information content (AvgIpc) is 3.02. The summed E-state index contributed by atoms with van der Waals surface area (Å²) in [5, 5.41) is 1.87. The molecule has 0 aliphatic heterocycles. The number of halogens is 1. The highest BCUT2D eigenvalue weighted by Crippen LogP contribution is 2.36. The summed E-state index contributed by atoms with van der Waals surface area (Å²) in [5.41, 5.74) is 0.397. The summed E-state index contributed by atoms with van der Waals surface area (Å²) < 4.78 is 0.969. The molecule has 0 unspecified atom stereocenters. The second-order valence-electron chi connectivity index (χ2n) is 6.80. The zero-order valence-corrected chi connectivity index (χ0v) is 17.0. The number of amides is 1. The molecule has 0 aliphatic carbocycles. The van der Waals surface area contributed by atoms with E-state index in [1.807, 2.05) is 44.2 Å². The van der Waals surface area contributed by atoms with Crippen LogP contribution in [0.3, 0.4) is 0 Å². The normalized spacial score (nSPS) is 11.4. The maximum Gasteiger partial charge on any atom is 0.266 e. The maximum absolute atomic E-state index is 13.3. The predicted octanol–water partition coefficient (Wildman–Crippen LogP) is 4.84. The first-order chi connectivity index (χ1) is 13.5. The van der Waals surface area contributed by atoms with Crippen molar-refractivity contribution in [3.05, 3.63) is 74.6 Å². The molecule has 5 nitrogen and oxygen atoms in total. The van der Waals surface area contributed by atoms with Gasteiger partial charge < -0.3 is 9.88 Å². The molecule has 142 valence electrons. The van der Waals surface area contributed by atoms with Crippen molar-refractivity contribution in [2.75, 3.05) is 0 Å². The van der Waals surface area contributed by atoms with E-state index in [1.54, 1.807) is 23.1 Å². The highest BCUT2D eigenvalue weighted by molar-refractivity contribution is 7.21. The number of thiophene rings is 1. The van der Waals surface area contributed by atoms with Crippen LogP contribution in [-0.4, -0.2) is 26.8 Å². The van der Waals surface area contributed by atoms with Gasteiger partial charge in [0, 0.05) is 16.1 Å². The van der Waals surface area contributed by atoms with Crippen molar-refractivity contribution in [1.29, 1.82) is 0 Å². The number of hydrogen-bond donors (Lipinski definition) is 1. The van der Waals surface area contributed by atoms with E-state index in [2.05, 4.69) is 9.97 Å². The highest BCUT2D eigenvalue weighted by atomic mass is 35.5. The molecule has 4 aromatic rings. The van der Waals surface area contributed by atoms with E-state index in [4.69, 9.17) is 11.6 Å². The Balaban J connectivity index is 1.72. The quantitative estimate of drug-likeness (QED) is 0.522. The number of fused-ring (bicyclic) bond motifs is 2. The van der Waals surface area contributed by atoms with Crippen LogP contribution in [0.25, 0.3) is 21.0 Å². The Bertz CT molecular complexity index is 1250. The number of para-hydroxylation sites is 1. The molecule has 0 saturated heterocycles. The third-order valence-corrected chi connectivity index (χ3v) is 6.26. The Morgan fingerprint density at radius 3 is 2.54 bits per heavy atom. The lowest BCUT2D eigenvalue weighted by molar-refractivity contribution is 0.0690. The predicted molar refractivity (Wildman–Crippen MR) is 114 cm³/mol. The molecular weight excluding hydrogens is 394 g/mol. The second-order valence-corrected chi connectivity index (χ2v) is 8.23. The van der Waals surface area contributed by atoms with E-state index in [-0.39, 0.29) is 24.1 Å². The number of benzene rings is 2. The molecule has 0 radical (unpaired) electrons. The summed E-state index contributed by atoms with van der Waals surface area (Å²) in [5.74, 6) is 0.278. The van der Waals surface area contributed by atoms with Crippen molar-refractivity contribution >= 4 is 49.8 Å². The number of H-pyrrole nitrogens is 1. The summed E-state index contributed by atoms with van der Waals surface area (Å²) in [7, 11) is 0. The first-order valence-electron chi connectivity index (χ1n) is 8.91. The fourth-order valence-electron chi connectivity index (χ4n) is 3.14. The van der Waals surface area contributed by atoms with Crippen molar-refractivity contribution in [2.24, 2.45) is 0 Å². The highest BCUT2D eigenvalue weighted by Gasteiger charge is 2.25. The number of nitrogens with zero attached hydrogens (tertiary/aromatic N) is 2. The Morgan fingerprint density at radius 2 is 1.82 bits per heavy atom. The van der Waals surface area contributed by atoms with E-state index >= 15 is 0 Å². The van der Waals surface area contributed by atoms with E-state index < -0.39 is 0 Å². The summed E-state index contributed by atoms with van der Waals surface area (Å²) >= 11 is 7.88. The number of aromatic amines is 1. The maximum atomic E-state index is 13.3. The van der Waals surface area contributed by atoms with Gasteiger partial charge in [0.2, 0.25) is 0 Å². The van der Waals surface area contributed by atoms with Gasteiger partial charge in [0.05, 0.1) is 22.5 Å². The minimum atomic E-state index is -0.211.